The number of hydrogen-bond donors (Lipinski definition) is 1. The molecule has 2 nitrogen and oxygen atoms in total. The minimum Gasteiger partial charge on any atom is -0.384 e. The first-order valence-electron chi connectivity index (χ1n) is 8.49. The smallest absolute Gasteiger partial charge is 0.0726 e. The van der Waals surface area contributed by atoms with Crippen LogP contribution in [-0.4, -0.2) is 11.5 Å². The Morgan fingerprint density at radius 1 is 1.14 bits per heavy atom. The van der Waals surface area contributed by atoms with Gasteiger partial charge in [0.25, 0.3) is 0 Å². The van der Waals surface area contributed by atoms with E-state index in [-0.39, 0.29) is 0 Å². The second-order valence-electron chi connectivity index (χ2n) is 6.25. The monoisotopic (exact) mass is 282 g/mol. The summed E-state index contributed by atoms with van der Waals surface area (Å²) in [6.07, 6.45) is 7.44. The molecule has 1 aromatic carbocycles. The quantitative estimate of drug-likeness (QED) is 0.747. The lowest BCUT2D eigenvalue weighted by atomic mass is 10.0. The second-order valence-corrected chi connectivity index (χ2v) is 6.25. The van der Waals surface area contributed by atoms with E-state index in [0.717, 1.165) is 18.5 Å². The maximum atomic E-state index is 4.89. The molecule has 0 spiro atoms. The van der Waals surface area contributed by atoms with E-state index in [9.17, 15) is 0 Å². The van der Waals surface area contributed by atoms with Crippen molar-refractivity contribution in [1.82, 2.24) is 4.98 Å². The normalized spacial score (nSPS) is 14.6. The SMILES string of the molecule is CCCCc1ccc2nc(C3CC3)cc(NCCC)c2c1. The molecule has 1 aromatic heterocycles. The van der Waals surface area contributed by atoms with Gasteiger partial charge in [0.15, 0.2) is 0 Å². The molecule has 0 atom stereocenters. The number of nitrogens with one attached hydrogen (secondary N) is 1. The summed E-state index contributed by atoms with van der Waals surface area (Å²) in [5.74, 6) is 0.705. The Morgan fingerprint density at radius 2 is 2.00 bits per heavy atom. The molecule has 1 aliphatic rings. The Kier molecular flexibility index (Phi) is 4.42. The summed E-state index contributed by atoms with van der Waals surface area (Å²) in [6, 6.07) is 9.10. The van der Waals surface area contributed by atoms with Gasteiger partial charge in [-0.1, -0.05) is 26.3 Å². The summed E-state index contributed by atoms with van der Waals surface area (Å²) in [5.41, 5.74) is 5.15. The number of anilines is 1. The Hall–Kier alpha value is -1.57. The summed E-state index contributed by atoms with van der Waals surface area (Å²) >= 11 is 0. The molecule has 3 rings (SSSR count). The molecule has 0 amide bonds. The van der Waals surface area contributed by atoms with Gasteiger partial charge in [-0.3, -0.25) is 4.98 Å². The predicted molar refractivity (Wildman–Crippen MR) is 91.1 cm³/mol. The lowest BCUT2D eigenvalue weighted by Gasteiger charge is -2.12. The third kappa shape index (κ3) is 3.37. The van der Waals surface area contributed by atoms with Crippen LogP contribution in [0.5, 0.6) is 0 Å². The van der Waals surface area contributed by atoms with Crippen LogP contribution in [-0.2, 0) is 6.42 Å². The van der Waals surface area contributed by atoms with Crippen LogP contribution in [0.15, 0.2) is 24.3 Å². The fourth-order valence-electron chi connectivity index (χ4n) is 2.82. The van der Waals surface area contributed by atoms with Gasteiger partial charge in [0.2, 0.25) is 0 Å². The van der Waals surface area contributed by atoms with Gasteiger partial charge < -0.3 is 5.32 Å². The summed E-state index contributed by atoms with van der Waals surface area (Å²) in [6.45, 7) is 5.49. The third-order valence-electron chi connectivity index (χ3n) is 4.27. The summed E-state index contributed by atoms with van der Waals surface area (Å²) < 4.78 is 0. The van der Waals surface area contributed by atoms with E-state index < -0.39 is 0 Å². The average molecular weight is 282 g/mol. The Balaban J connectivity index is 1.98. The highest BCUT2D eigenvalue weighted by atomic mass is 14.9. The van der Waals surface area contributed by atoms with Crippen molar-refractivity contribution >= 4 is 16.6 Å². The number of pyridine rings is 1. The molecule has 1 N–H and O–H groups in total. The minimum atomic E-state index is 0.705. The molecule has 0 saturated heterocycles. The van der Waals surface area contributed by atoms with Gasteiger partial charge in [0.1, 0.15) is 0 Å². The van der Waals surface area contributed by atoms with Crippen LogP contribution in [0, 0.1) is 0 Å². The zero-order valence-electron chi connectivity index (χ0n) is 13.3. The van der Waals surface area contributed by atoms with Crippen LogP contribution < -0.4 is 5.32 Å². The zero-order valence-corrected chi connectivity index (χ0v) is 13.3. The summed E-state index contributed by atoms with van der Waals surface area (Å²) in [4.78, 5) is 4.89. The minimum absolute atomic E-state index is 0.705. The van der Waals surface area contributed by atoms with Crippen molar-refractivity contribution in [1.29, 1.82) is 0 Å². The predicted octanol–water partition coefficient (Wildman–Crippen LogP) is 5.28. The van der Waals surface area contributed by atoms with Gasteiger partial charge in [-0.15, -0.1) is 0 Å². The molecule has 2 aromatic rings. The molecule has 1 aliphatic carbocycles. The third-order valence-corrected chi connectivity index (χ3v) is 4.27. The Morgan fingerprint density at radius 3 is 2.71 bits per heavy atom. The van der Waals surface area contributed by atoms with E-state index in [1.807, 2.05) is 0 Å². The van der Waals surface area contributed by atoms with Gasteiger partial charge in [0, 0.05) is 29.2 Å². The first-order chi connectivity index (χ1) is 10.3. The highest BCUT2D eigenvalue weighted by Crippen LogP contribution is 2.41. The molecule has 0 aliphatic heterocycles. The van der Waals surface area contributed by atoms with Crippen LogP contribution in [0.25, 0.3) is 10.9 Å². The van der Waals surface area contributed by atoms with Crippen molar-refractivity contribution in [2.24, 2.45) is 0 Å². The largest absolute Gasteiger partial charge is 0.384 e. The summed E-state index contributed by atoms with van der Waals surface area (Å²) in [5, 5.41) is 4.90. The maximum absolute atomic E-state index is 4.89. The first kappa shape index (κ1) is 14.4. The fraction of sp³-hybridized carbons (Fsp3) is 0.526. The van der Waals surface area contributed by atoms with E-state index >= 15 is 0 Å². The lowest BCUT2D eigenvalue weighted by molar-refractivity contribution is 0.796. The van der Waals surface area contributed by atoms with Gasteiger partial charge in [0.05, 0.1) is 5.52 Å². The Bertz CT molecular complexity index is 614. The Labute approximate surface area is 128 Å². The molecule has 1 saturated carbocycles. The van der Waals surface area contributed by atoms with Crippen molar-refractivity contribution in [3.8, 4) is 0 Å². The van der Waals surface area contributed by atoms with Crippen LogP contribution in [0.1, 0.15) is 63.1 Å². The second kappa shape index (κ2) is 6.46. The van der Waals surface area contributed by atoms with Crippen LogP contribution >= 0.6 is 0 Å². The van der Waals surface area contributed by atoms with Gasteiger partial charge in [-0.2, -0.15) is 0 Å². The number of benzene rings is 1. The topological polar surface area (TPSA) is 24.9 Å². The molecule has 112 valence electrons. The van der Waals surface area contributed by atoms with E-state index in [0.29, 0.717) is 5.92 Å². The van der Waals surface area contributed by atoms with Crippen LogP contribution in [0.3, 0.4) is 0 Å². The van der Waals surface area contributed by atoms with Crippen molar-refractivity contribution in [3.63, 3.8) is 0 Å². The number of aryl methyl sites for hydroxylation is 1. The lowest BCUT2D eigenvalue weighted by Crippen LogP contribution is -2.02. The van der Waals surface area contributed by atoms with E-state index in [1.54, 1.807) is 0 Å². The van der Waals surface area contributed by atoms with Crippen LogP contribution in [0.4, 0.5) is 5.69 Å². The van der Waals surface area contributed by atoms with Crippen LogP contribution in [0.2, 0.25) is 0 Å². The van der Waals surface area contributed by atoms with E-state index in [2.05, 4.69) is 43.4 Å². The highest BCUT2D eigenvalue weighted by molar-refractivity contribution is 5.92. The van der Waals surface area contributed by atoms with Gasteiger partial charge in [-0.05, 0) is 55.9 Å². The maximum Gasteiger partial charge on any atom is 0.0726 e. The van der Waals surface area contributed by atoms with Gasteiger partial charge in [-0.25, -0.2) is 0 Å². The fourth-order valence-corrected chi connectivity index (χ4v) is 2.82. The molecule has 1 heterocycles. The number of aromatic nitrogens is 1. The molecular formula is C19H26N2. The van der Waals surface area contributed by atoms with Crippen molar-refractivity contribution in [2.75, 3.05) is 11.9 Å². The van der Waals surface area contributed by atoms with E-state index in [4.69, 9.17) is 4.98 Å². The zero-order chi connectivity index (χ0) is 14.7. The van der Waals surface area contributed by atoms with Crippen molar-refractivity contribution in [2.45, 2.75) is 58.3 Å². The molecule has 0 bridgehead atoms. The van der Waals surface area contributed by atoms with Crippen molar-refractivity contribution < 1.29 is 0 Å². The van der Waals surface area contributed by atoms with E-state index in [1.165, 1.54) is 54.4 Å². The number of nitrogens with zero attached hydrogens (tertiary/aromatic N) is 1. The standard InChI is InChI=1S/C19H26N2/c1-3-5-6-14-7-10-17-16(12-14)19(20-11-4-2)13-18(21-17)15-8-9-15/h7,10,12-13,15H,3-6,8-9,11H2,1-2H3,(H,20,21). The van der Waals surface area contributed by atoms with Gasteiger partial charge >= 0.3 is 0 Å². The first-order valence-corrected chi connectivity index (χ1v) is 8.49. The number of unbranched alkanes of at least 4 members (excludes halogenated alkanes) is 1. The molecule has 0 radical (unpaired) electrons. The number of fused-ring (bicyclic) bond motifs is 1. The molecule has 0 unspecified atom stereocenters. The number of rotatable bonds is 7. The summed E-state index contributed by atoms with van der Waals surface area (Å²) in [7, 11) is 0. The number of hydrogen-bond acceptors (Lipinski definition) is 2. The molecule has 21 heavy (non-hydrogen) atoms. The average Bonchev–Trinajstić information content (AvgIpc) is 3.35. The van der Waals surface area contributed by atoms with Crippen molar-refractivity contribution in [3.05, 3.63) is 35.5 Å². The molecule has 1 fully saturated rings. The molecular weight excluding hydrogens is 256 g/mol. The highest BCUT2D eigenvalue weighted by Gasteiger charge is 2.25. The molecule has 2 heteroatoms.